The average molecular weight is 274 g/mol. The van der Waals surface area contributed by atoms with E-state index in [9.17, 15) is 5.11 Å². The first-order chi connectivity index (χ1) is 9.38. The van der Waals surface area contributed by atoms with Gasteiger partial charge in [0.1, 0.15) is 0 Å². The third-order valence-corrected chi connectivity index (χ3v) is 4.92. The first kappa shape index (κ1) is 15.6. The fraction of sp³-hybridized carbons (Fsp3) is 0.684. The van der Waals surface area contributed by atoms with Crippen molar-refractivity contribution in [3.8, 4) is 0 Å². The van der Waals surface area contributed by atoms with E-state index in [0.29, 0.717) is 5.92 Å². The Labute approximate surface area is 124 Å². The molecule has 2 rings (SSSR count). The molecule has 1 heteroatoms. The molecule has 0 amide bonds. The highest BCUT2D eigenvalue weighted by Gasteiger charge is 2.45. The zero-order valence-corrected chi connectivity index (χ0v) is 13.6. The number of aliphatic hydroxyl groups is 1. The van der Waals surface area contributed by atoms with E-state index >= 15 is 0 Å². The molecule has 0 spiro atoms. The Morgan fingerprint density at radius 2 is 1.80 bits per heavy atom. The smallest absolute Gasteiger partial charge is 0.0929 e. The highest BCUT2D eigenvalue weighted by Crippen LogP contribution is 2.49. The van der Waals surface area contributed by atoms with Crippen LogP contribution in [0.25, 0.3) is 0 Å². The molecule has 2 unspecified atom stereocenters. The SMILES string of the molecule is CCCc1ccc(C2(O)CCCCC2C(C)(C)C)cc1. The van der Waals surface area contributed by atoms with Crippen LogP contribution in [0.3, 0.4) is 0 Å². The first-order valence-corrected chi connectivity index (χ1v) is 8.19. The van der Waals surface area contributed by atoms with Crippen molar-refractivity contribution in [3.05, 3.63) is 35.4 Å². The van der Waals surface area contributed by atoms with Crippen LogP contribution in [0.5, 0.6) is 0 Å². The maximum absolute atomic E-state index is 11.4. The van der Waals surface area contributed by atoms with Crippen molar-refractivity contribution in [3.63, 3.8) is 0 Å². The summed E-state index contributed by atoms with van der Waals surface area (Å²) in [6, 6.07) is 8.72. The molecule has 0 radical (unpaired) electrons. The second-order valence-corrected chi connectivity index (χ2v) is 7.54. The molecular formula is C19H30O. The molecule has 0 bridgehead atoms. The van der Waals surface area contributed by atoms with Crippen LogP contribution < -0.4 is 0 Å². The van der Waals surface area contributed by atoms with Crippen molar-refractivity contribution in [1.29, 1.82) is 0 Å². The molecule has 0 aromatic heterocycles. The van der Waals surface area contributed by atoms with Crippen molar-refractivity contribution in [2.45, 2.75) is 71.8 Å². The summed E-state index contributed by atoms with van der Waals surface area (Å²) in [5.41, 5.74) is 2.01. The molecule has 0 heterocycles. The van der Waals surface area contributed by atoms with Gasteiger partial charge in [-0.15, -0.1) is 0 Å². The van der Waals surface area contributed by atoms with Gasteiger partial charge in [0.15, 0.2) is 0 Å². The summed E-state index contributed by atoms with van der Waals surface area (Å²) in [5.74, 6) is 0.348. The van der Waals surface area contributed by atoms with Crippen molar-refractivity contribution in [1.82, 2.24) is 0 Å². The third-order valence-electron chi connectivity index (χ3n) is 4.92. The largest absolute Gasteiger partial charge is 0.385 e. The van der Waals surface area contributed by atoms with E-state index in [-0.39, 0.29) is 5.41 Å². The second-order valence-electron chi connectivity index (χ2n) is 7.54. The summed E-state index contributed by atoms with van der Waals surface area (Å²) in [5, 5.41) is 11.4. The second kappa shape index (κ2) is 5.89. The van der Waals surface area contributed by atoms with Crippen LogP contribution in [0.1, 0.15) is 70.9 Å². The Morgan fingerprint density at radius 1 is 1.15 bits per heavy atom. The molecule has 1 aliphatic rings. The first-order valence-electron chi connectivity index (χ1n) is 8.19. The zero-order valence-electron chi connectivity index (χ0n) is 13.6. The van der Waals surface area contributed by atoms with Gasteiger partial charge in [-0.05, 0) is 41.7 Å². The van der Waals surface area contributed by atoms with E-state index in [2.05, 4.69) is 52.0 Å². The minimum Gasteiger partial charge on any atom is -0.385 e. The topological polar surface area (TPSA) is 20.2 Å². The Morgan fingerprint density at radius 3 is 2.35 bits per heavy atom. The minimum absolute atomic E-state index is 0.150. The lowest BCUT2D eigenvalue weighted by Gasteiger charge is -2.47. The molecule has 1 aromatic carbocycles. The summed E-state index contributed by atoms with van der Waals surface area (Å²) in [6.07, 6.45) is 6.73. The predicted octanol–water partition coefficient (Wildman–Crippen LogP) is 5.06. The lowest BCUT2D eigenvalue weighted by molar-refractivity contribution is -0.0959. The van der Waals surface area contributed by atoms with Gasteiger partial charge in [-0.25, -0.2) is 0 Å². The Balaban J connectivity index is 2.30. The molecule has 2 atom stereocenters. The fourth-order valence-corrected chi connectivity index (χ4v) is 3.90. The van der Waals surface area contributed by atoms with Gasteiger partial charge in [0.05, 0.1) is 5.60 Å². The molecule has 1 N–H and O–H groups in total. The van der Waals surface area contributed by atoms with Crippen LogP contribution in [0.4, 0.5) is 0 Å². The number of benzene rings is 1. The molecule has 20 heavy (non-hydrogen) atoms. The lowest BCUT2D eigenvalue weighted by atomic mass is 9.61. The zero-order chi connectivity index (χ0) is 14.8. The number of hydrogen-bond donors (Lipinski definition) is 1. The number of rotatable bonds is 3. The maximum atomic E-state index is 11.4. The molecule has 1 fully saturated rings. The van der Waals surface area contributed by atoms with Crippen molar-refractivity contribution >= 4 is 0 Å². The van der Waals surface area contributed by atoms with Crippen molar-refractivity contribution in [2.24, 2.45) is 11.3 Å². The molecule has 1 aliphatic carbocycles. The average Bonchev–Trinajstić information content (AvgIpc) is 2.39. The van der Waals surface area contributed by atoms with E-state index in [0.717, 1.165) is 31.2 Å². The van der Waals surface area contributed by atoms with E-state index in [1.54, 1.807) is 0 Å². The summed E-state index contributed by atoms with van der Waals surface area (Å²) >= 11 is 0. The van der Waals surface area contributed by atoms with Crippen LogP contribution in [-0.2, 0) is 12.0 Å². The van der Waals surface area contributed by atoms with Gasteiger partial charge in [-0.2, -0.15) is 0 Å². The number of hydrogen-bond acceptors (Lipinski definition) is 1. The summed E-state index contributed by atoms with van der Waals surface area (Å²) < 4.78 is 0. The normalized spacial score (nSPS) is 27.6. The Kier molecular flexibility index (Phi) is 4.59. The molecular weight excluding hydrogens is 244 g/mol. The predicted molar refractivity (Wildman–Crippen MR) is 85.7 cm³/mol. The molecule has 1 saturated carbocycles. The number of aryl methyl sites for hydroxylation is 1. The van der Waals surface area contributed by atoms with Gasteiger partial charge in [-0.1, -0.05) is 71.2 Å². The van der Waals surface area contributed by atoms with Crippen LogP contribution in [-0.4, -0.2) is 5.11 Å². The highest BCUT2D eigenvalue weighted by molar-refractivity contribution is 5.29. The van der Waals surface area contributed by atoms with Crippen LogP contribution in [0.2, 0.25) is 0 Å². The molecule has 1 nitrogen and oxygen atoms in total. The minimum atomic E-state index is -0.638. The van der Waals surface area contributed by atoms with Crippen molar-refractivity contribution in [2.75, 3.05) is 0 Å². The summed E-state index contributed by atoms with van der Waals surface area (Å²) in [6.45, 7) is 9.00. The maximum Gasteiger partial charge on any atom is 0.0929 e. The molecule has 112 valence electrons. The van der Waals surface area contributed by atoms with Gasteiger partial charge >= 0.3 is 0 Å². The van der Waals surface area contributed by atoms with Crippen LogP contribution >= 0.6 is 0 Å². The monoisotopic (exact) mass is 274 g/mol. The summed E-state index contributed by atoms with van der Waals surface area (Å²) in [4.78, 5) is 0. The molecule has 0 saturated heterocycles. The van der Waals surface area contributed by atoms with Crippen LogP contribution in [0.15, 0.2) is 24.3 Å². The lowest BCUT2D eigenvalue weighted by Crippen LogP contribution is -2.44. The van der Waals surface area contributed by atoms with Gasteiger partial charge < -0.3 is 5.11 Å². The van der Waals surface area contributed by atoms with Crippen molar-refractivity contribution < 1.29 is 5.11 Å². The van der Waals surface area contributed by atoms with Gasteiger partial charge in [0.25, 0.3) is 0 Å². The van der Waals surface area contributed by atoms with E-state index in [4.69, 9.17) is 0 Å². The Bertz CT molecular complexity index is 426. The quantitative estimate of drug-likeness (QED) is 0.816. The Hall–Kier alpha value is -0.820. The molecule has 1 aromatic rings. The van der Waals surface area contributed by atoms with Gasteiger partial charge in [0.2, 0.25) is 0 Å². The fourth-order valence-electron chi connectivity index (χ4n) is 3.90. The molecule has 0 aliphatic heterocycles. The van der Waals surface area contributed by atoms with E-state index < -0.39 is 5.60 Å². The van der Waals surface area contributed by atoms with Crippen LogP contribution in [0, 0.1) is 11.3 Å². The van der Waals surface area contributed by atoms with Gasteiger partial charge in [-0.3, -0.25) is 0 Å². The third kappa shape index (κ3) is 3.09. The van der Waals surface area contributed by atoms with E-state index in [1.807, 2.05) is 0 Å². The van der Waals surface area contributed by atoms with E-state index in [1.165, 1.54) is 18.4 Å². The highest BCUT2D eigenvalue weighted by atomic mass is 16.3. The standard InChI is InChI=1S/C19H30O/c1-5-8-15-10-12-16(13-11-15)19(20)14-7-6-9-17(19)18(2,3)4/h10-13,17,20H,5-9,14H2,1-4H3. The van der Waals surface area contributed by atoms with Gasteiger partial charge in [0, 0.05) is 0 Å². The summed E-state index contributed by atoms with van der Waals surface area (Å²) in [7, 11) is 0.